The topological polar surface area (TPSA) is 46.6 Å². The van der Waals surface area contributed by atoms with Crippen LogP contribution in [0.4, 0.5) is 9.18 Å². The lowest BCUT2D eigenvalue weighted by molar-refractivity contribution is -0.123. The van der Waals surface area contributed by atoms with Crippen LogP contribution >= 0.6 is 39.3 Å². The Morgan fingerprint density at radius 1 is 1.19 bits per heavy atom. The van der Waals surface area contributed by atoms with E-state index in [0.29, 0.717) is 25.7 Å². The summed E-state index contributed by atoms with van der Waals surface area (Å²) in [6.07, 6.45) is 1.56. The summed E-state index contributed by atoms with van der Waals surface area (Å²) in [6.45, 7) is 0.312. The van der Waals surface area contributed by atoms with Gasteiger partial charge in [0.1, 0.15) is 18.2 Å². The Kier molecular flexibility index (Phi) is 6.01. The molecule has 0 saturated carbocycles. The molecule has 1 heterocycles. The number of rotatable bonds is 5. The van der Waals surface area contributed by atoms with Gasteiger partial charge in [-0.15, -0.1) is 0 Å². The normalized spacial score (nSPS) is 15.8. The molecule has 0 N–H and O–H groups in total. The number of ether oxygens (including phenoxy) is 1. The Balaban J connectivity index is 1.63. The quantitative estimate of drug-likeness (QED) is 0.569. The van der Waals surface area contributed by atoms with Crippen molar-refractivity contribution in [1.82, 2.24) is 4.90 Å². The molecule has 1 aliphatic rings. The van der Waals surface area contributed by atoms with Crippen molar-refractivity contribution in [1.29, 1.82) is 0 Å². The van der Waals surface area contributed by atoms with Crippen LogP contribution in [0.2, 0.25) is 5.02 Å². The first kappa shape index (κ1) is 18.9. The van der Waals surface area contributed by atoms with E-state index in [1.165, 1.54) is 12.1 Å². The zero-order chi connectivity index (χ0) is 18.7. The number of carbonyl (C=O) groups excluding carboxylic acids is 2. The highest BCUT2D eigenvalue weighted by molar-refractivity contribution is 9.10. The van der Waals surface area contributed by atoms with Gasteiger partial charge in [-0.3, -0.25) is 14.5 Å². The highest BCUT2D eigenvalue weighted by atomic mass is 79.9. The Bertz CT molecular complexity index is 889. The van der Waals surface area contributed by atoms with Gasteiger partial charge in [-0.05, 0) is 75.7 Å². The molecule has 134 valence electrons. The molecule has 0 unspecified atom stereocenters. The van der Waals surface area contributed by atoms with E-state index in [4.69, 9.17) is 16.3 Å². The Morgan fingerprint density at radius 2 is 1.92 bits per heavy atom. The molecule has 0 spiro atoms. The predicted octanol–water partition coefficient (Wildman–Crippen LogP) is 5.36. The number of hydrogen-bond donors (Lipinski definition) is 0. The molecule has 0 aliphatic carbocycles. The molecular weight excluding hydrogens is 445 g/mol. The Labute approximate surface area is 167 Å². The first-order valence-corrected chi connectivity index (χ1v) is 9.51. The molecule has 2 aromatic carbocycles. The highest BCUT2D eigenvalue weighted by Crippen LogP contribution is 2.32. The minimum absolute atomic E-state index is 0.137. The molecule has 0 bridgehead atoms. The largest absolute Gasteiger partial charge is 0.492 e. The first-order chi connectivity index (χ1) is 12.4. The monoisotopic (exact) mass is 455 g/mol. The van der Waals surface area contributed by atoms with Crippen LogP contribution in [0.3, 0.4) is 0 Å². The fraction of sp³-hybridized carbons (Fsp3) is 0.111. The van der Waals surface area contributed by atoms with Crippen LogP contribution in [0, 0.1) is 5.82 Å². The molecule has 8 heteroatoms. The summed E-state index contributed by atoms with van der Waals surface area (Å²) in [5.41, 5.74) is 0.626. The number of nitrogens with zero attached hydrogens (tertiary/aromatic N) is 1. The van der Waals surface area contributed by atoms with Crippen LogP contribution in [-0.2, 0) is 4.79 Å². The first-order valence-electron chi connectivity index (χ1n) is 7.53. The summed E-state index contributed by atoms with van der Waals surface area (Å²) in [5.74, 6) is -0.178. The van der Waals surface area contributed by atoms with Crippen molar-refractivity contribution in [3.05, 3.63) is 68.2 Å². The molecule has 0 atom stereocenters. The molecule has 2 aromatic rings. The van der Waals surface area contributed by atoms with E-state index in [9.17, 15) is 14.0 Å². The van der Waals surface area contributed by atoms with Gasteiger partial charge in [0, 0.05) is 5.02 Å². The van der Waals surface area contributed by atoms with E-state index >= 15 is 0 Å². The third kappa shape index (κ3) is 4.47. The van der Waals surface area contributed by atoms with E-state index in [0.717, 1.165) is 16.7 Å². The molecule has 1 aliphatic heterocycles. The van der Waals surface area contributed by atoms with E-state index < -0.39 is 5.82 Å². The van der Waals surface area contributed by atoms with E-state index in [-0.39, 0.29) is 24.3 Å². The van der Waals surface area contributed by atoms with Crippen molar-refractivity contribution in [2.24, 2.45) is 0 Å². The second-order valence-electron chi connectivity index (χ2n) is 5.31. The number of carbonyl (C=O) groups is 2. The van der Waals surface area contributed by atoms with E-state index in [2.05, 4.69) is 15.9 Å². The van der Waals surface area contributed by atoms with E-state index in [1.54, 1.807) is 36.4 Å². The van der Waals surface area contributed by atoms with E-state index in [1.807, 2.05) is 0 Å². The van der Waals surface area contributed by atoms with Crippen molar-refractivity contribution in [2.75, 3.05) is 13.2 Å². The minimum Gasteiger partial charge on any atom is -0.492 e. The predicted molar refractivity (Wildman–Crippen MR) is 104 cm³/mol. The lowest BCUT2D eigenvalue weighted by Gasteiger charge is -2.13. The van der Waals surface area contributed by atoms with Crippen LogP contribution < -0.4 is 4.74 Å². The third-order valence-corrected chi connectivity index (χ3v) is 5.28. The Hall–Kier alpha value is -1.83. The van der Waals surface area contributed by atoms with Crippen LogP contribution in [0.1, 0.15) is 5.56 Å². The van der Waals surface area contributed by atoms with Crippen molar-refractivity contribution in [2.45, 2.75) is 0 Å². The van der Waals surface area contributed by atoms with Gasteiger partial charge < -0.3 is 4.74 Å². The maximum atomic E-state index is 13.3. The maximum absolute atomic E-state index is 13.3. The van der Waals surface area contributed by atoms with Gasteiger partial charge in [0.2, 0.25) is 0 Å². The van der Waals surface area contributed by atoms with Crippen molar-refractivity contribution >= 4 is 56.5 Å². The lowest BCUT2D eigenvalue weighted by Crippen LogP contribution is -2.32. The van der Waals surface area contributed by atoms with Gasteiger partial charge in [-0.25, -0.2) is 4.39 Å². The second-order valence-corrected chi connectivity index (χ2v) is 7.59. The molecule has 2 amide bonds. The summed E-state index contributed by atoms with van der Waals surface area (Å²) in [7, 11) is 0. The average Bonchev–Trinajstić information content (AvgIpc) is 2.87. The van der Waals surface area contributed by atoms with Crippen LogP contribution in [0.5, 0.6) is 5.75 Å². The number of halogens is 3. The summed E-state index contributed by atoms with van der Waals surface area (Å²) in [4.78, 5) is 25.9. The summed E-state index contributed by atoms with van der Waals surface area (Å²) < 4.78 is 19.1. The standard InChI is InChI=1S/C18H12BrClFNO3S/c19-14-9-11(1-6-15(14)21)10-16-17(23)22(18(24)26-16)7-8-25-13-4-2-12(20)3-5-13/h1-6,9-10H,7-8H2/b16-10-. The Morgan fingerprint density at radius 3 is 2.62 bits per heavy atom. The van der Waals surface area contributed by atoms with Crippen molar-refractivity contribution < 1.29 is 18.7 Å². The second kappa shape index (κ2) is 8.24. The van der Waals surface area contributed by atoms with Gasteiger partial charge in [0.05, 0.1) is 15.9 Å². The highest BCUT2D eigenvalue weighted by Gasteiger charge is 2.34. The molecule has 1 saturated heterocycles. The fourth-order valence-electron chi connectivity index (χ4n) is 2.23. The SMILES string of the molecule is O=C1S/C(=C\c2ccc(F)c(Br)c2)C(=O)N1CCOc1ccc(Cl)cc1. The van der Waals surface area contributed by atoms with Crippen molar-refractivity contribution in [3.63, 3.8) is 0 Å². The van der Waals surface area contributed by atoms with Gasteiger partial charge in [0.15, 0.2) is 0 Å². The number of thioether (sulfide) groups is 1. The molecule has 26 heavy (non-hydrogen) atoms. The van der Waals surface area contributed by atoms with Crippen LogP contribution in [-0.4, -0.2) is 29.2 Å². The van der Waals surface area contributed by atoms with Gasteiger partial charge in [-0.2, -0.15) is 0 Å². The molecule has 3 rings (SSSR count). The average molecular weight is 457 g/mol. The molecule has 1 fully saturated rings. The summed E-state index contributed by atoms with van der Waals surface area (Å²) in [5, 5.41) is 0.239. The zero-order valence-corrected chi connectivity index (χ0v) is 16.4. The van der Waals surface area contributed by atoms with Crippen molar-refractivity contribution in [3.8, 4) is 5.75 Å². The van der Waals surface area contributed by atoms with Gasteiger partial charge in [0.25, 0.3) is 11.1 Å². The summed E-state index contributed by atoms with van der Waals surface area (Å²) in [6, 6.07) is 11.2. The molecule has 0 radical (unpaired) electrons. The van der Waals surface area contributed by atoms with Gasteiger partial charge in [-0.1, -0.05) is 17.7 Å². The fourth-order valence-corrected chi connectivity index (χ4v) is 3.62. The summed E-state index contributed by atoms with van der Waals surface area (Å²) >= 11 is 9.75. The number of amides is 2. The smallest absolute Gasteiger partial charge is 0.293 e. The number of hydrogen-bond acceptors (Lipinski definition) is 4. The lowest BCUT2D eigenvalue weighted by atomic mass is 10.2. The zero-order valence-electron chi connectivity index (χ0n) is 13.2. The third-order valence-electron chi connectivity index (χ3n) is 3.51. The number of benzene rings is 2. The minimum atomic E-state index is -0.394. The number of imide groups is 1. The van der Waals surface area contributed by atoms with Gasteiger partial charge >= 0.3 is 0 Å². The maximum Gasteiger partial charge on any atom is 0.293 e. The van der Waals surface area contributed by atoms with Crippen LogP contribution in [0.25, 0.3) is 6.08 Å². The molecule has 4 nitrogen and oxygen atoms in total. The molecular formula is C18H12BrClFNO3S. The molecule has 0 aromatic heterocycles. The van der Waals surface area contributed by atoms with Crippen LogP contribution in [0.15, 0.2) is 51.8 Å².